The van der Waals surface area contributed by atoms with Gasteiger partial charge in [0.05, 0.1) is 6.54 Å². The summed E-state index contributed by atoms with van der Waals surface area (Å²) in [7, 11) is 0. The molecule has 0 amide bonds. The predicted molar refractivity (Wildman–Crippen MR) is 85.2 cm³/mol. The molecule has 106 valence electrons. The number of thiocarbonyl (C=S) groups is 1. The summed E-state index contributed by atoms with van der Waals surface area (Å²) in [5, 5.41) is 0. The summed E-state index contributed by atoms with van der Waals surface area (Å²) in [4.78, 5) is 12.5. The van der Waals surface area contributed by atoms with Gasteiger partial charge in [-0.2, -0.15) is 0 Å². The van der Waals surface area contributed by atoms with Crippen LogP contribution in [0.15, 0.2) is 35.4 Å². The Bertz CT molecular complexity index is 685. The molecule has 1 heterocycles. The molecule has 0 saturated heterocycles. The fraction of sp³-hybridized carbons (Fsp3) is 0.333. The van der Waals surface area contributed by atoms with E-state index in [0.717, 1.165) is 29.7 Å². The van der Waals surface area contributed by atoms with Gasteiger partial charge in [-0.3, -0.25) is 9.13 Å². The fourth-order valence-electron chi connectivity index (χ4n) is 2.19. The largest absolute Gasteiger partial charge is 0.389 e. The Kier molecular flexibility index (Phi) is 4.39. The normalized spacial score (nSPS) is 10.7. The van der Waals surface area contributed by atoms with Gasteiger partial charge in [0.2, 0.25) is 0 Å². The average molecular weight is 289 g/mol. The molecular weight excluding hydrogens is 270 g/mol. The van der Waals surface area contributed by atoms with Gasteiger partial charge in [-0.05, 0) is 30.5 Å². The van der Waals surface area contributed by atoms with Crippen LogP contribution in [-0.2, 0) is 13.1 Å². The van der Waals surface area contributed by atoms with Crippen LogP contribution in [0.5, 0.6) is 0 Å². The number of imidazole rings is 1. The molecule has 0 unspecified atom stereocenters. The highest BCUT2D eigenvalue weighted by Gasteiger charge is 2.06. The maximum atomic E-state index is 12.1. The van der Waals surface area contributed by atoms with Crippen molar-refractivity contribution in [3.05, 3.63) is 57.8 Å². The van der Waals surface area contributed by atoms with E-state index < -0.39 is 0 Å². The molecule has 0 spiro atoms. The first-order chi connectivity index (χ1) is 9.52. The molecule has 1 aromatic heterocycles. The van der Waals surface area contributed by atoms with Crippen LogP contribution in [0.1, 0.15) is 30.0 Å². The van der Waals surface area contributed by atoms with Gasteiger partial charge in [0.1, 0.15) is 4.99 Å². The molecule has 0 aliphatic rings. The summed E-state index contributed by atoms with van der Waals surface area (Å²) < 4.78 is 3.46. The number of benzene rings is 1. The molecule has 0 aliphatic carbocycles. The summed E-state index contributed by atoms with van der Waals surface area (Å²) in [6.07, 6.45) is 4.62. The summed E-state index contributed by atoms with van der Waals surface area (Å²) >= 11 is 4.97. The molecule has 0 saturated carbocycles. The third-order valence-corrected chi connectivity index (χ3v) is 3.59. The van der Waals surface area contributed by atoms with Crippen molar-refractivity contribution in [2.24, 2.45) is 5.73 Å². The van der Waals surface area contributed by atoms with Gasteiger partial charge in [0.15, 0.2) is 0 Å². The summed E-state index contributed by atoms with van der Waals surface area (Å²) in [5.74, 6) is 0. The van der Waals surface area contributed by atoms with E-state index in [1.165, 1.54) is 0 Å². The summed E-state index contributed by atoms with van der Waals surface area (Å²) in [6.45, 7) is 5.39. The van der Waals surface area contributed by atoms with Crippen molar-refractivity contribution in [3.8, 4) is 0 Å². The van der Waals surface area contributed by atoms with Gasteiger partial charge < -0.3 is 5.73 Å². The van der Waals surface area contributed by atoms with Gasteiger partial charge in [0.25, 0.3) is 0 Å². The highest BCUT2D eigenvalue weighted by Crippen LogP contribution is 2.12. The van der Waals surface area contributed by atoms with E-state index in [9.17, 15) is 4.79 Å². The van der Waals surface area contributed by atoms with Crippen molar-refractivity contribution in [1.82, 2.24) is 9.13 Å². The Morgan fingerprint density at radius 3 is 2.60 bits per heavy atom. The van der Waals surface area contributed by atoms with Crippen molar-refractivity contribution in [2.45, 2.75) is 33.4 Å². The Hall–Kier alpha value is -1.88. The van der Waals surface area contributed by atoms with Gasteiger partial charge >= 0.3 is 5.69 Å². The predicted octanol–water partition coefficient (Wildman–Crippen LogP) is 2.05. The fourth-order valence-corrected chi connectivity index (χ4v) is 2.32. The molecule has 4 nitrogen and oxygen atoms in total. The lowest BCUT2D eigenvalue weighted by Crippen LogP contribution is -2.24. The second-order valence-electron chi connectivity index (χ2n) is 4.91. The van der Waals surface area contributed by atoms with Crippen molar-refractivity contribution in [2.75, 3.05) is 0 Å². The van der Waals surface area contributed by atoms with Crippen LogP contribution in [0.4, 0.5) is 0 Å². The first kappa shape index (κ1) is 14.5. The highest BCUT2D eigenvalue weighted by atomic mass is 32.1. The molecule has 2 aromatic rings. The Balaban J connectivity index is 2.26. The molecule has 0 fully saturated rings. The van der Waals surface area contributed by atoms with Crippen LogP contribution in [0.25, 0.3) is 0 Å². The molecule has 0 aliphatic heterocycles. The number of nitrogens with two attached hydrogens (primary N) is 1. The van der Waals surface area contributed by atoms with E-state index in [1.54, 1.807) is 9.13 Å². The zero-order valence-electron chi connectivity index (χ0n) is 11.8. The highest BCUT2D eigenvalue weighted by molar-refractivity contribution is 7.80. The van der Waals surface area contributed by atoms with E-state index in [2.05, 4.69) is 6.92 Å². The number of aromatic nitrogens is 2. The Morgan fingerprint density at radius 1 is 1.30 bits per heavy atom. The van der Waals surface area contributed by atoms with E-state index in [4.69, 9.17) is 18.0 Å². The average Bonchev–Trinajstić information content (AvgIpc) is 2.74. The minimum Gasteiger partial charge on any atom is -0.389 e. The summed E-state index contributed by atoms with van der Waals surface area (Å²) in [6, 6.07) is 5.85. The maximum Gasteiger partial charge on any atom is 0.328 e. The minimum absolute atomic E-state index is 0.0321. The van der Waals surface area contributed by atoms with Gasteiger partial charge in [-0.25, -0.2) is 4.79 Å². The van der Waals surface area contributed by atoms with Crippen molar-refractivity contribution in [1.29, 1.82) is 0 Å². The molecule has 20 heavy (non-hydrogen) atoms. The molecule has 1 aromatic carbocycles. The van der Waals surface area contributed by atoms with E-state index in [1.807, 2.05) is 37.5 Å². The van der Waals surface area contributed by atoms with Crippen LogP contribution in [0.2, 0.25) is 0 Å². The second-order valence-corrected chi connectivity index (χ2v) is 5.35. The number of hydrogen-bond donors (Lipinski definition) is 1. The van der Waals surface area contributed by atoms with E-state index in [0.29, 0.717) is 11.5 Å². The molecule has 0 atom stereocenters. The monoisotopic (exact) mass is 289 g/mol. The maximum absolute atomic E-state index is 12.1. The lowest BCUT2D eigenvalue weighted by atomic mass is 10.1. The van der Waals surface area contributed by atoms with Crippen molar-refractivity contribution < 1.29 is 0 Å². The first-order valence-electron chi connectivity index (χ1n) is 6.68. The van der Waals surface area contributed by atoms with Crippen molar-refractivity contribution in [3.63, 3.8) is 0 Å². The Morgan fingerprint density at radius 2 is 2.00 bits per heavy atom. The number of nitrogens with zero attached hydrogens (tertiary/aromatic N) is 2. The molecule has 2 N–H and O–H groups in total. The van der Waals surface area contributed by atoms with Crippen molar-refractivity contribution >= 4 is 17.2 Å². The smallest absolute Gasteiger partial charge is 0.328 e. The summed E-state index contributed by atoms with van der Waals surface area (Å²) in [5.41, 5.74) is 8.70. The van der Waals surface area contributed by atoms with E-state index >= 15 is 0 Å². The molecular formula is C15H19N3OS. The first-order valence-corrected chi connectivity index (χ1v) is 7.08. The topological polar surface area (TPSA) is 52.9 Å². The van der Waals surface area contributed by atoms with Crippen LogP contribution >= 0.6 is 12.2 Å². The third-order valence-electron chi connectivity index (χ3n) is 3.35. The number of aryl methyl sites for hydroxylation is 2. The quantitative estimate of drug-likeness (QED) is 0.857. The standard InChI is InChI=1S/C15H19N3OS/c1-3-6-17-7-8-18(15(17)19)10-13-5-4-12(14(16)20)9-11(13)2/h4-5,7-9H,3,6,10H2,1-2H3,(H2,16,20). The van der Waals surface area contributed by atoms with Gasteiger partial charge in [-0.15, -0.1) is 0 Å². The minimum atomic E-state index is 0.0321. The lowest BCUT2D eigenvalue weighted by molar-refractivity contribution is 0.623. The Labute approximate surface area is 123 Å². The lowest BCUT2D eigenvalue weighted by Gasteiger charge is -2.08. The zero-order chi connectivity index (χ0) is 14.7. The number of rotatable bonds is 5. The van der Waals surface area contributed by atoms with Crippen LogP contribution in [-0.4, -0.2) is 14.1 Å². The van der Waals surface area contributed by atoms with Gasteiger partial charge in [-0.1, -0.05) is 31.3 Å². The molecule has 2 rings (SSSR count). The van der Waals surface area contributed by atoms with Crippen LogP contribution in [0.3, 0.4) is 0 Å². The van der Waals surface area contributed by atoms with Crippen LogP contribution < -0.4 is 11.4 Å². The third kappa shape index (κ3) is 2.99. The second kappa shape index (κ2) is 6.05. The molecule has 0 radical (unpaired) electrons. The SMILES string of the molecule is CCCn1ccn(Cc2ccc(C(N)=S)cc2C)c1=O. The molecule has 5 heteroatoms. The van der Waals surface area contributed by atoms with Crippen LogP contribution in [0, 0.1) is 6.92 Å². The van der Waals surface area contributed by atoms with Gasteiger partial charge in [0, 0.05) is 24.5 Å². The number of hydrogen-bond acceptors (Lipinski definition) is 2. The molecule has 0 bridgehead atoms. The van der Waals surface area contributed by atoms with E-state index in [-0.39, 0.29) is 5.69 Å². The zero-order valence-corrected chi connectivity index (χ0v) is 12.6.